The average Bonchev–Trinajstić information content (AvgIpc) is 2.39. The molecule has 0 spiro atoms. The van der Waals surface area contributed by atoms with Gasteiger partial charge in [0.25, 0.3) is 0 Å². The predicted octanol–water partition coefficient (Wildman–Crippen LogP) is 3.91. The van der Waals surface area contributed by atoms with E-state index in [9.17, 15) is 5.11 Å². The minimum Gasteiger partial charge on any atom is -0.507 e. The topological polar surface area (TPSA) is 41.8 Å². The summed E-state index contributed by atoms with van der Waals surface area (Å²) < 4.78 is 6.01. The highest BCUT2D eigenvalue weighted by Crippen LogP contribution is 2.26. The third-order valence-electron chi connectivity index (χ3n) is 2.43. The van der Waals surface area contributed by atoms with Crippen molar-refractivity contribution in [3.63, 3.8) is 0 Å². The lowest BCUT2D eigenvalue weighted by molar-refractivity contribution is 0.412. The van der Waals surface area contributed by atoms with E-state index in [0.717, 1.165) is 10.2 Å². The zero-order valence-electron chi connectivity index (χ0n) is 9.80. The summed E-state index contributed by atoms with van der Waals surface area (Å²) in [5.41, 5.74) is 1.42. The molecule has 0 atom stereocenters. The fourth-order valence-corrected chi connectivity index (χ4v) is 1.85. The molecular formula is C14H12BrNO2. The summed E-state index contributed by atoms with van der Waals surface area (Å²) in [6, 6.07) is 12.6. The van der Waals surface area contributed by atoms with Gasteiger partial charge < -0.3 is 9.84 Å². The van der Waals surface area contributed by atoms with Crippen molar-refractivity contribution in [1.82, 2.24) is 0 Å². The van der Waals surface area contributed by atoms with Gasteiger partial charge in [-0.2, -0.15) is 0 Å². The van der Waals surface area contributed by atoms with Gasteiger partial charge in [-0.15, -0.1) is 0 Å². The van der Waals surface area contributed by atoms with Gasteiger partial charge >= 0.3 is 0 Å². The molecule has 0 aromatic heterocycles. The van der Waals surface area contributed by atoms with Crippen LogP contribution in [0.2, 0.25) is 0 Å². The van der Waals surface area contributed by atoms with Gasteiger partial charge in [-0.3, -0.25) is 4.99 Å². The van der Waals surface area contributed by atoms with Crippen molar-refractivity contribution in [2.45, 2.75) is 0 Å². The van der Waals surface area contributed by atoms with Crippen LogP contribution in [0, 0.1) is 0 Å². The number of para-hydroxylation sites is 1. The van der Waals surface area contributed by atoms with E-state index in [-0.39, 0.29) is 5.75 Å². The molecule has 0 aliphatic rings. The molecule has 0 bridgehead atoms. The van der Waals surface area contributed by atoms with E-state index in [0.29, 0.717) is 11.3 Å². The van der Waals surface area contributed by atoms with Crippen LogP contribution in [0.1, 0.15) is 5.56 Å². The monoisotopic (exact) mass is 305 g/mol. The second-order valence-electron chi connectivity index (χ2n) is 3.63. The number of rotatable bonds is 3. The largest absolute Gasteiger partial charge is 0.507 e. The standard InChI is InChI=1S/C14H12BrNO2/c1-18-11-6-7-14(17)10(8-11)9-16-13-5-3-2-4-12(13)15/h2-9,17H,1H3. The lowest BCUT2D eigenvalue weighted by Gasteiger charge is -2.03. The van der Waals surface area contributed by atoms with E-state index in [2.05, 4.69) is 20.9 Å². The zero-order valence-corrected chi connectivity index (χ0v) is 11.4. The number of hydrogen-bond donors (Lipinski definition) is 1. The minimum atomic E-state index is 0.173. The number of ether oxygens (including phenoxy) is 1. The van der Waals surface area contributed by atoms with Gasteiger partial charge in [0.1, 0.15) is 11.5 Å². The summed E-state index contributed by atoms with van der Waals surface area (Å²) in [6.07, 6.45) is 1.61. The summed E-state index contributed by atoms with van der Waals surface area (Å²) in [4.78, 5) is 4.32. The first-order chi connectivity index (χ1) is 8.70. The maximum Gasteiger partial charge on any atom is 0.124 e. The highest BCUT2D eigenvalue weighted by atomic mass is 79.9. The second-order valence-corrected chi connectivity index (χ2v) is 4.49. The number of aliphatic imine (C=N–C) groups is 1. The Morgan fingerprint density at radius 3 is 2.72 bits per heavy atom. The van der Waals surface area contributed by atoms with Gasteiger partial charge in [0.2, 0.25) is 0 Å². The second kappa shape index (κ2) is 5.69. The normalized spacial score (nSPS) is 10.8. The van der Waals surface area contributed by atoms with Crippen LogP contribution in [0.3, 0.4) is 0 Å². The highest BCUT2D eigenvalue weighted by Gasteiger charge is 2.01. The number of phenols is 1. The molecule has 0 fully saturated rings. The molecule has 0 heterocycles. The molecule has 2 rings (SSSR count). The van der Waals surface area contributed by atoms with Crippen molar-refractivity contribution in [1.29, 1.82) is 0 Å². The minimum absolute atomic E-state index is 0.173. The first-order valence-corrected chi connectivity index (χ1v) is 6.15. The van der Waals surface area contributed by atoms with Crippen molar-refractivity contribution < 1.29 is 9.84 Å². The highest BCUT2D eigenvalue weighted by molar-refractivity contribution is 9.10. The lowest BCUT2D eigenvalue weighted by Crippen LogP contribution is -1.87. The van der Waals surface area contributed by atoms with E-state index < -0.39 is 0 Å². The Balaban J connectivity index is 2.31. The van der Waals surface area contributed by atoms with E-state index in [1.165, 1.54) is 0 Å². The number of nitrogens with zero attached hydrogens (tertiary/aromatic N) is 1. The molecule has 3 nitrogen and oxygen atoms in total. The molecule has 4 heteroatoms. The summed E-state index contributed by atoms with van der Waals surface area (Å²) in [5.74, 6) is 0.855. The number of methoxy groups -OCH3 is 1. The smallest absolute Gasteiger partial charge is 0.124 e. The fourth-order valence-electron chi connectivity index (χ4n) is 1.46. The first-order valence-electron chi connectivity index (χ1n) is 5.36. The summed E-state index contributed by atoms with van der Waals surface area (Å²) >= 11 is 3.42. The zero-order chi connectivity index (χ0) is 13.0. The maximum absolute atomic E-state index is 9.72. The molecule has 0 aliphatic heterocycles. The van der Waals surface area contributed by atoms with Gasteiger partial charge in [-0.1, -0.05) is 12.1 Å². The van der Waals surface area contributed by atoms with Crippen molar-refractivity contribution in [3.05, 3.63) is 52.5 Å². The molecular weight excluding hydrogens is 294 g/mol. The third kappa shape index (κ3) is 2.90. The Morgan fingerprint density at radius 2 is 2.00 bits per heavy atom. The molecule has 2 aromatic carbocycles. The van der Waals surface area contributed by atoms with Crippen LogP contribution in [0.15, 0.2) is 51.9 Å². The van der Waals surface area contributed by atoms with Gasteiger partial charge in [0.15, 0.2) is 0 Å². The molecule has 92 valence electrons. The maximum atomic E-state index is 9.72. The number of phenolic OH excluding ortho intramolecular Hbond substituents is 1. The Hall–Kier alpha value is -1.81. The van der Waals surface area contributed by atoms with Crippen LogP contribution in [0.5, 0.6) is 11.5 Å². The molecule has 0 aliphatic carbocycles. The van der Waals surface area contributed by atoms with Crippen LogP contribution < -0.4 is 4.74 Å². The van der Waals surface area contributed by atoms with Crippen molar-refractivity contribution in [3.8, 4) is 11.5 Å². The molecule has 0 saturated heterocycles. The molecule has 0 amide bonds. The molecule has 0 unspecified atom stereocenters. The van der Waals surface area contributed by atoms with Crippen molar-refractivity contribution >= 4 is 27.8 Å². The average molecular weight is 306 g/mol. The number of hydrogen-bond acceptors (Lipinski definition) is 3. The lowest BCUT2D eigenvalue weighted by atomic mass is 10.2. The Bertz CT molecular complexity index is 582. The Labute approximate surface area is 114 Å². The Morgan fingerprint density at radius 1 is 1.22 bits per heavy atom. The van der Waals surface area contributed by atoms with Gasteiger partial charge in [0, 0.05) is 16.3 Å². The summed E-state index contributed by atoms with van der Waals surface area (Å²) in [6.45, 7) is 0. The predicted molar refractivity (Wildman–Crippen MR) is 76.1 cm³/mol. The first kappa shape index (κ1) is 12.6. The van der Waals surface area contributed by atoms with Crippen LogP contribution in [0.25, 0.3) is 0 Å². The molecule has 1 N–H and O–H groups in total. The van der Waals surface area contributed by atoms with Crippen molar-refractivity contribution in [2.24, 2.45) is 4.99 Å². The number of benzene rings is 2. The summed E-state index contributed by atoms with van der Waals surface area (Å²) in [5, 5.41) is 9.72. The fraction of sp³-hybridized carbons (Fsp3) is 0.0714. The molecule has 0 saturated carbocycles. The SMILES string of the molecule is COc1ccc(O)c(C=Nc2ccccc2Br)c1. The summed E-state index contributed by atoms with van der Waals surface area (Å²) in [7, 11) is 1.58. The van der Waals surface area contributed by atoms with Gasteiger partial charge in [-0.25, -0.2) is 0 Å². The van der Waals surface area contributed by atoms with Crippen LogP contribution in [0.4, 0.5) is 5.69 Å². The van der Waals surface area contributed by atoms with Crippen molar-refractivity contribution in [2.75, 3.05) is 7.11 Å². The molecule has 2 aromatic rings. The van der Waals surface area contributed by atoms with Gasteiger partial charge in [-0.05, 0) is 46.3 Å². The quantitative estimate of drug-likeness (QED) is 0.873. The van der Waals surface area contributed by atoms with E-state index in [4.69, 9.17) is 4.74 Å². The van der Waals surface area contributed by atoms with Crippen LogP contribution >= 0.6 is 15.9 Å². The third-order valence-corrected chi connectivity index (χ3v) is 3.10. The molecule has 0 radical (unpaired) electrons. The number of halogens is 1. The van der Waals surface area contributed by atoms with Gasteiger partial charge in [0.05, 0.1) is 12.8 Å². The Kier molecular flexibility index (Phi) is 3.99. The van der Waals surface area contributed by atoms with Crippen LogP contribution in [-0.2, 0) is 0 Å². The van der Waals surface area contributed by atoms with E-state index in [1.807, 2.05) is 24.3 Å². The van der Waals surface area contributed by atoms with Crippen LogP contribution in [-0.4, -0.2) is 18.4 Å². The van der Waals surface area contributed by atoms with E-state index >= 15 is 0 Å². The molecule has 18 heavy (non-hydrogen) atoms. The van der Waals surface area contributed by atoms with E-state index in [1.54, 1.807) is 31.5 Å². The number of aromatic hydroxyl groups is 1.